The molecule has 2 aromatic rings. The first-order chi connectivity index (χ1) is 15.3. The molecule has 2 amide bonds. The molecule has 1 aliphatic rings. The van der Waals surface area contributed by atoms with E-state index in [1.165, 1.54) is 16.7 Å². The smallest absolute Gasteiger partial charge is 0.242 e. The second kappa shape index (κ2) is 11.8. The molecule has 0 heterocycles. The Morgan fingerprint density at radius 3 is 2.44 bits per heavy atom. The van der Waals surface area contributed by atoms with Crippen LogP contribution in [0.15, 0.2) is 42.5 Å². The maximum atomic E-state index is 13.2. The van der Waals surface area contributed by atoms with Crippen molar-refractivity contribution in [3.8, 4) is 0 Å². The summed E-state index contributed by atoms with van der Waals surface area (Å²) >= 11 is 7.74. The van der Waals surface area contributed by atoms with Gasteiger partial charge in [-0.1, -0.05) is 65.9 Å². The molecule has 4 nitrogen and oxygen atoms in total. The molecule has 1 atom stereocenters. The molecule has 6 heteroatoms. The summed E-state index contributed by atoms with van der Waals surface area (Å²) in [5.41, 5.74) is 4.60. The van der Waals surface area contributed by atoms with Gasteiger partial charge in [0.1, 0.15) is 6.04 Å². The van der Waals surface area contributed by atoms with Crippen LogP contribution in [-0.4, -0.2) is 34.6 Å². The summed E-state index contributed by atoms with van der Waals surface area (Å²) in [6.45, 7) is 6.36. The molecule has 1 N–H and O–H groups in total. The average Bonchev–Trinajstić information content (AvgIpc) is 3.24. The molecule has 0 aromatic heterocycles. The Morgan fingerprint density at radius 1 is 1.09 bits per heavy atom. The Balaban J connectivity index is 1.66. The zero-order chi connectivity index (χ0) is 23.1. The summed E-state index contributed by atoms with van der Waals surface area (Å²) in [6.07, 6.45) is 4.35. The van der Waals surface area contributed by atoms with Gasteiger partial charge in [0.05, 0.1) is 5.75 Å². The molecular weight excluding hydrogens is 440 g/mol. The number of carbonyl (C=O) groups is 2. The predicted octanol–water partition coefficient (Wildman–Crippen LogP) is 5.67. The van der Waals surface area contributed by atoms with Crippen LogP contribution in [0.4, 0.5) is 0 Å². The van der Waals surface area contributed by atoms with Crippen LogP contribution >= 0.6 is 23.4 Å². The van der Waals surface area contributed by atoms with E-state index >= 15 is 0 Å². The van der Waals surface area contributed by atoms with Gasteiger partial charge in [0.2, 0.25) is 11.8 Å². The topological polar surface area (TPSA) is 49.4 Å². The van der Waals surface area contributed by atoms with Crippen LogP contribution in [0.1, 0.15) is 54.9 Å². The minimum Gasteiger partial charge on any atom is -0.352 e. The van der Waals surface area contributed by atoms with Gasteiger partial charge >= 0.3 is 0 Å². The van der Waals surface area contributed by atoms with Gasteiger partial charge in [0.25, 0.3) is 0 Å². The van der Waals surface area contributed by atoms with Crippen molar-refractivity contribution >= 4 is 35.2 Å². The van der Waals surface area contributed by atoms with Gasteiger partial charge in [-0.2, -0.15) is 0 Å². The summed E-state index contributed by atoms with van der Waals surface area (Å²) in [5, 5.41) is 3.77. The molecule has 1 fully saturated rings. The fourth-order valence-corrected chi connectivity index (χ4v) is 5.36. The van der Waals surface area contributed by atoms with Gasteiger partial charge in [-0.15, -0.1) is 11.8 Å². The van der Waals surface area contributed by atoms with Crippen molar-refractivity contribution in [2.75, 3.05) is 5.75 Å². The second-order valence-electron chi connectivity index (χ2n) is 8.81. The molecule has 1 aliphatic carbocycles. The van der Waals surface area contributed by atoms with E-state index in [1.807, 2.05) is 31.2 Å². The zero-order valence-electron chi connectivity index (χ0n) is 19.2. The number of carbonyl (C=O) groups excluding carboxylic acids is 2. The fourth-order valence-electron chi connectivity index (χ4n) is 4.30. The first kappa shape index (κ1) is 24.7. The molecule has 1 unspecified atom stereocenters. The lowest BCUT2D eigenvalue weighted by Gasteiger charge is -2.29. The minimum atomic E-state index is -0.538. The number of benzene rings is 2. The van der Waals surface area contributed by atoms with E-state index in [4.69, 9.17) is 11.6 Å². The maximum Gasteiger partial charge on any atom is 0.242 e. The van der Waals surface area contributed by atoms with Crippen molar-refractivity contribution in [2.24, 2.45) is 0 Å². The monoisotopic (exact) mass is 472 g/mol. The van der Waals surface area contributed by atoms with E-state index in [0.717, 1.165) is 37.0 Å². The third-order valence-corrected chi connectivity index (χ3v) is 7.11. The highest BCUT2D eigenvalue weighted by Crippen LogP contribution is 2.21. The number of hydrogen-bond donors (Lipinski definition) is 1. The van der Waals surface area contributed by atoms with Crippen LogP contribution in [0.25, 0.3) is 0 Å². The highest BCUT2D eigenvalue weighted by molar-refractivity contribution is 7.99. The van der Waals surface area contributed by atoms with Gasteiger partial charge in [-0.05, 0) is 56.9 Å². The van der Waals surface area contributed by atoms with Crippen molar-refractivity contribution in [3.63, 3.8) is 0 Å². The highest BCUT2D eigenvalue weighted by atomic mass is 35.5. The Morgan fingerprint density at radius 2 is 1.78 bits per heavy atom. The molecule has 1 saturated carbocycles. The van der Waals surface area contributed by atoms with E-state index in [0.29, 0.717) is 17.3 Å². The van der Waals surface area contributed by atoms with E-state index in [2.05, 4.69) is 37.4 Å². The molecule has 0 aliphatic heterocycles. The number of hydrogen-bond acceptors (Lipinski definition) is 3. The zero-order valence-corrected chi connectivity index (χ0v) is 20.8. The summed E-state index contributed by atoms with van der Waals surface area (Å²) < 4.78 is 0. The molecule has 172 valence electrons. The normalized spacial score (nSPS) is 14.9. The third kappa shape index (κ3) is 7.28. The van der Waals surface area contributed by atoms with Crippen LogP contribution in [-0.2, 0) is 21.9 Å². The average molecular weight is 473 g/mol. The molecule has 2 aromatic carbocycles. The van der Waals surface area contributed by atoms with Gasteiger partial charge in [0, 0.05) is 23.4 Å². The summed E-state index contributed by atoms with van der Waals surface area (Å²) in [4.78, 5) is 27.9. The number of aryl methyl sites for hydroxylation is 2. The lowest BCUT2D eigenvalue weighted by molar-refractivity contribution is -0.138. The van der Waals surface area contributed by atoms with Gasteiger partial charge in [-0.25, -0.2) is 0 Å². The quantitative estimate of drug-likeness (QED) is 0.511. The van der Waals surface area contributed by atoms with E-state index in [-0.39, 0.29) is 17.9 Å². The number of halogens is 1. The molecule has 32 heavy (non-hydrogen) atoms. The number of nitrogens with zero attached hydrogens (tertiary/aromatic N) is 1. The molecule has 0 spiro atoms. The first-order valence-corrected chi connectivity index (χ1v) is 12.8. The second-order valence-corrected chi connectivity index (χ2v) is 10.2. The van der Waals surface area contributed by atoms with Crippen LogP contribution < -0.4 is 5.32 Å². The van der Waals surface area contributed by atoms with E-state index in [9.17, 15) is 9.59 Å². The fraction of sp³-hybridized carbons (Fsp3) is 0.462. The highest BCUT2D eigenvalue weighted by Gasteiger charge is 2.28. The van der Waals surface area contributed by atoms with Crippen molar-refractivity contribution in [1.82, 2.24) is 10.2 Å². The Bertz CT molecular complexity index is 923. The summed E-state index contributed by atoms with van der Waals surface area (Å²) in [5.74, 6) is 0.983. The minimum absolute atomic E-state index is 0.0339. The molecule has 0 radical (unpaired) electrons. The van der Waals surface area contributed by atoms with Crippen molar-refractivity contribution in [3.05, 3.63) is 69.7 Å². The number of rotatable bonds is 9. The van der Waals surface area contributed by atoms with Crippen LogP contribution in [0.3, 0.4) is 0 Å². The van der Waals surface area contributed by atoms with Gasteiger partial charge < -0.3 is 10.2 Å². The van der Waals surface area contributed by atoms with Crippen LogP contribution in [0, 0.1) is 13.8 Å². The lowest BCUT2D eigenvalue weighted by Crippen LogP contribution is -2.50. The predicted molar refractivity (Wildman–Crippen MR) is 134 cm³/mol. The van der Waals surface area contributed by atoms with Gasteiger partial charge in [0.15, 0.2) is 0 Å². The Labute approximate surface area is 201 Å². The molecule has 3 rings (SSSR count). The standard InChI is InChI=1S/C26H33ClN2O2S/c1-18-11-19(2)13-22(12-18)16-32-17-25(30)29(15-21-7-6-8-23(27)14-21)20(3)26(31)28-24-9-4-5-10-24/h6-8,11-14,20,24H,4-5,9-10,15-17H2,1-3H3,(H,28,31). The van der Waals surface area contributed by atoms with Crippen molar-refractivity contribution in [2.45, 2.75) is 70.8 Å². The lowest BCUT2D eigenvalue weighted by atomic mass is 10.1. The number of nitrogens with one attached hydrogen (secondary N) is 1. The summed E-state index contributed by atoms with van der Waals surface area (Å²) in [6, 6.07) is 13.6. The van der Waals surface area contributed by atoms with Crippen molar-refractivity contribution < 1.29 is 9.59 Å². The van der Waals surface area contributed by atoms with Crippen LogP contribution in [0.5, 0.6) is 0 Å². The number of thioether (sulfide) groups is 1. The van der Waals surface area contributed by atoms with Crippen LogP contribution in [0.2, 0.25) is 5.02 Å². The largest absolute Gasteiger partial charge is 0.352 e. The Hall–Kier alpha value is -1.98. The Kier molecular flexibility index (Phi) is 9.06. The van der Waals surface area contributed by atoms with E-state index < -0.39 is 6.04 Å². The third-order valence-electron chi connectivity index (χ3n) is 5.89. The van der Waals surface area contributed by atoms with E-state index in [1.54, 1.807) is 16.7 Å². The van der Waals surface area contributed by atoms with Gasteiger partial charge in [-0.3, -0.25) is 9.59 Å². The maximum absolute atomic E-state index is 13.2. The summed E-state index contributed by atoms with van der Waals surface area (Å²) in [7, 11) is 0. The number of amides is 2. The van der Waals surface area contributed by atoms with Crippen molar-refractivity contribution in [1.29, 1.82) is 0 Å². The molecule has 0 saturated heterocycles. The molecular formula is C26H33ClN2O2S. The first-order valence-electron chi connectivity index (χ1n) is 11.3. The molecule has 0 bridgehead atoms. The SMILES string of the molecule is Cc1cc(C)cc(CSCC(=O)N(Cc2cccc(Cl)c2)C(C)C(=O)NC2CCCC2)c1.